The third-order valence-corrected chi connectivity index (χ3v) is 5.88. The van der Waals surface area contributed by atoms with Crippen LogP contribution in [0.15, 0.2) is 59.8 Å². The van der Waals surface area contributed by atoms with Crippen LogP contribution in [-0.2, 0) is 0 Å². The van der Waals surface area contributed by atoms with Gasteiger partial charge in [-0.3, -0.25) is 9.36 Å². The summed E-state index contributed by atoms with van der Waals surface area (Å²) in [5, 5.41) is 4.20. The number of imidazole rings is 1. The van der Waals surface area contributed by atoms with Gasteiger partial charge in [0.1, 0.15) is 11.3 Å². The highest BCUT2D eigenvalue weighted by Gasteiger charge is 2.21. The molecule has 1 atom stereocenters. The van der Waals surface area contributed by atoms with E-state index < -0.39 is 0 Å². The van der Waals surface area contributed by atoms with Crippen molar-refractivity contribution in [1.29, 1.82) is 0 Å². The molecule has 3 aromatic heterocycles. The standard InChI is InChI=1S/C25H24N6O/c1-14-8-5-6-11-19(14)31-24(30-18-10-7-9-15(2)20(18)25(31)32)17(4)29-21-16(3)12-26-23-22(21)27-13-28-23/h5-13,17H,1-4H3,(H2,26,27,28,29). The maximum Gasteiger partial charge on any atom is 0.266 e. The van der Waals surface area contributed by atoms with Crippen molar-refractivity contribution in [2.24, 2.45) is 0 Å². The Balaban J connectivity index is 1.75. The number of fused-ring (bicyclic) bond motifs is 2. The molecule has 160 valence electrons. The van der Waals surface area contributed by atoms with Crippen LogP contribution in [-0.4, -0.2) is 24.5 Å². The number of hydrogen-bond acceptors (Lipinski definition) is 5. The summed E-state index contributed by atoms with van der Waals surface area (Å²) in [7, 11) is 0. The number of hydrogen-bond donors (Lipinski definition) is 2. The quantitative estimate of drug-likeness (QED) is 0.434. The van der Waals surface area contributed by atoms with Crippen LogP contribution in [0.2, 0.25) is 0 Å². The first-order valence-electron chi connectivity index (χ1n) is 10.6. The van der Waals surface area contributed by atoms with Crippen LogP contribution in [0.3, 0.4) is 0 Å². The number of anilines is 1. The second kappa shape index (κ2) is 7.60. The second-order valence-electron chi connectivity index (χ2n) is 8.15. The van der Waals surface area contributed by atoms with E-state index in [0.717, 1.165) is 33.6 Å². The van der Waals surface area contributed by atoms with Gasteiger partial charge in [-0.25, -0.2) is 15.0 Å². The maximum absolute atomic E-state index is 13.8. The Labute approximate surface area is 185 Å². The van der Waals surface area contributed by atoms with Crippen molar-refractivity contribution in [1.82, 2.24) is 24.5 Å². The van der Waals surface area contributed by atoms with E-state index in [1.807, 2.05) is 70.2 Å². The maximum atomic E-state index is 13.8. The molecule has 32 heavy (non-hydrogen) atoms. The lowest BCUT2D eigenvalue weighted by Crippen LogP contribution is -2.28. The van der Waals surface area contributed by atoms with Gasteiger partial charge >= 0.3 is 0 Å². The molecule has 0 spiro atoms. The molecular weight excluding hydrogens is 400 g/mol. The Morgan fingerprint density at radius 3 is 2.56 bits per heavy atom. The molecule has 1 unspecified atom stereocenters. The molecule has 5 rings (SSSR count). The molecule has 2 aromatic carbocycles. The fourth-order valence-electron chi connectivity index (χ4n) is 4.21. The van der Waals surface area contributed by atoms with Gasteiger partial charge < -0.3 is 10.3 Å². The van der Waals surface area contributed by atoms with Gasteiger partial charge in [-0.1, -0.05) is 30.3 Å². The molecule has 5 aromatic rings. The summed E-state index contributed by atoms with van der Waals surface area (Å²) in [6.07, 6.45) is 3.43. The summed E-state index contributed by atoms with van der Waals surface area (Å²) in [4.78, 5) is 30.6. The van der Waals surface area contributed by atoms with Crippen LogP contribution in [0, 0.1) is 20.8 Å². The molecule has 0 saturated heterocycles. The summed E-state index contributed by atoms with van der Waals surface area (Å²) in [5.74, 6) is 0.645. The lowest BCUT2D eigenvalue weighted by atomic mass is 10.1. The average molecular weight is 425 g/mol. The van der Waals surface area contributed by atoms with Gasteiger partial charge in [-0.05, 0) is 56.5 Å². The van der Waals surface area contributed by atoms with E-state index in [1.165, 1.54) is 0 Å². The molecule has 0 radical (unpaired) electrons. The number of pyridine rings is 1. The highest BCUT2D eigenvalue weighted by Crippen LogP contribution is 2.28. The Morgan fingerprint density at radius 2 is 1.75 bits per heavy atom. The fraction of sp³-hybridized carbons (Fsp3) is 0.200. The minimum Gasteiger partial charge on any atom is -0.373 e. The number of rotatable bonds is 4. The van der Waals surface area contributed by atoms with Crippen molar-refractivity contribution in [3.8, 4) is 5.69 Å². The van der Waals surface area contributed by atoms with Crippen molar-refractivity contribution in [2.75, 3.05) is 5.32 Å². The summed E-state index contributed by atoms with van der Waals surface area (Å²) < 4.78 is 1.74. The zero-order valence-electron chi connectivity index (χ0n) is 18.5. The van der Waals surface area contributed by atoms with Crippen LogP contribution in [0.25, 0.3) is 27.8 Å². The van der Waals surface area contributed by atoms with Crippen LogP contribution >= 0.6 is 0 Å². The molecule has 0 fully saturated rings. The largest absolute Gasteiger partial charge is 0.373 e. The van der Waals surface area contributed by atoms with Gasteiger partial charge in [-0.15, -0.1) is 0 Å². The summed E-state index contributed by atoms with van der Waals surface area (Å²) >= 11 is 0. The van der Waals surface area contributed by atoms with E-state index in [1.54, 1.807) is 17.1 Å². The zero-order chi connectivity index (χ0) is 22.4. The highest BCUT2D eigenvalue weighted by atomic mass is 16.1. The molecule has 0 aliphatic rings. The Morgan fingerprint density at radius 1 is 0.969 bits per heavy atom. The monoisotopic (exact) mass is 424 g/mol. The number of benzene rings is 2. The molecule has 0 bridgehead atoms. The Hall–Kier alpha value is -4.00. The smallest absolute Gasteiger partial charge is 0.266 e. The van der Waals surface area contributed by atoms with Crippen LogP contribution in [0.5, 0.6) is 0 Å². The summed E-state index contributed by atoms with van der Waals surface area (Å²) in [5.41, 5.74) is 6.74. The minimum atomic E-state index is -0.264. The van der Waals surface area contributed by atoms with E-state index >= 15 is 0 Å². The molecule has 2 N–H and O–H groups in total. The fourth-order valence-corrected chi connectivity index (χ4v) is 4.21. The summed E-state index contributed by atoms with van der Waals surface area (Å²) in [6, 6.07) is 13.4. The first-order valence-corrected chi connectivity index (χ1v) is 10.6. The predicted octanol–water partition coefficient (Wildman–Crippen LogP) is 4.76. The van der Waals surface area contributed by atoms with Gasteiger partial charge in [0.2, 0.25) is 0 Å². The number of aromatic amines is 1. The van der Waals surface area contributed by atoms with E-state index in [9.17, 15) is 4.79 Å². The molecule has 0 aliphatic carbocycles. The highest BCUT2D eigenvalue weighted by molar-refractivity contribution is 5.87. The van der Waals surface area contributed by atoms with Crippen molar-refractivity contribution in [3.63, 3.8) is 0 Å². The van der Waals surface area contributed by atoms with Gasteiger partial charge in [0.15, 0.2) is 5.65 Å². The number of para-hydroxylation sites is 1. The molecule has 0 amide bonds. The Bertz CT molecular complexity index is 1530. The lowest BCUT2D eigenvalue weighted by molar-refractivity contribution is 0.732. The van der Waals surface area contributed by atoms with Gasteiger partial charge in [-0.2, -0.15) is 0 Å². The van der Waals surface area contributed by atoms with Gasteiger partial charge in [0.25, 0.3) is 5.56 Å². The van der Waals surface area contributed by atoms with Crippen molar-refractivity contribution in [2.45, 2.75) is 33.7 Å². The molecule has 0 saturated carbocycles. The average Bonchev–Trinajstić information content (AvgIpc) is 3.25. The third-order valence-electron chi connectivity index (χ3n) is 5.88. The van der Waals surface area contributed by atoms with E-state index in [-0.39, 0.29) is 11.6 Å². The van der Waals surface area contributed by atoms with Crippen molar-refractivity contribution < 1.29 is 0 Å². The van der Waals surface area contributed by atoms with E-state index in [2.05, 4.69) is 20.3 Å². The van der Waals surface area contributed by atoms with Crippen molar-refractivity contribution >= 4 is 27.8 Å². The van der Waals surface area contributed by atoms with Crippen LogP contribution < -0.4 is 10.9 Å². The van der Waals surface area contributed by atoms with E-state index in [4.69, 9.17) is 4.98 Å². The molecule has 3 heterocycles. The first kappa shape index (κ1) is 19.9. The second-order valence-corrected chi connectivity index (χ2v) is 8.15. The van der Waals surface area contributed by atoms with Gasteiger partial charge in [0, 0.05) is 6.20 Å². The number of aromatic nitrogens is 5. The SMILES string of the molecule is Cc1ccccc1-n1c(C(C)Nc2c(C)cnc3nc[nH]c23)nc2cccc(C)c2c1=O. The number of H-pyrrole nitrogens is 1. The first-order chi connectivity index (χ1) is 15.5. The number of nitrogens with zero attached hydrogens (tertiary/aromatic N) is 4. The number of nitrogens with one attached hydrogen (secondary N) is 2. The number of aryl methyl sites for hydroxylation is 3. The lowest BCUT2D eigenvalue weighted by Gasteiger charge is -2.22. The Kier molecular flexibility index (Phi) is 4.74. The van der Waals surface area contributed by atoms with Crippen LogP contribution in [0.1, 0.15) is 35.5 Å². The van der Waals surface area contributed by atoms with Crippen LogP contribution in [0.4, 0.5) is 5.69 Å². The molecular formula is C25H24N6O. The molecule has 7 nitrogen and oxygen atoms in total. The normalized spacial score (nSPS) is 12.4. The van der Waals surface area contributed by atoms with E-state index in [0.29, 0.717) is 22.4 Å². The van der Waals surface area contributed by atoms with Crippen molar-refractivity contribution in [3.05, 3.63) is 87.9 Å². The minimum absolute atomic E-state index is 0.0656. The molecule has 7 heteroatoms. The molecule has 0 aliphatic heterocycles. The predicted molar refractivity (Wildman–Crippen MR) is 127 cm³/mol. The summed E-state index contributed by atoms with van der Waals surface area (Å²) in [6.45, 7) is 7.96. The zero-order valence-corrected chi connectivity index (χ0v) is 18.5. The van der Waals surface area contributed by atoms with Gasteiger partial charge in [0.05, 0.1) is 34.6 Å². The topological polar surface area (TPSA) is 88.5 Å². The third kappa shape index (κ3) is 3.13.